The summed E-state index contributed by atoms with van der Waals surface area (Å²) in [6.07, 6.45) is -4.78. The highest BCUT2D eigenvalue weighted by atomic mass is 19.4. The lowest BCUT2D eigenvalue weighted by Gasteiger charge is -2.11. The number of hydrogen-bond donors (Lipinski definition) is 3. The number of alkyl halides is 3. The molecule has 3 aromatic rings. The van der Waals surface area contributed by atoms with Crippen LogP contribution in [0.25, 0.3) is 11.0 Å². The van der Waals surface area contributed by atoms with Crippen molar-refractivity contribution in [2.24, 2.45) is 0 Å². The highest BCUT2D eigenvalue weighted by molar-refractivity contribution is 6.08. The number of anilines is 1. The monoisotopic (exact) mass is 375 g/mol. The maximum absolute atomic E-state index is 13.2. The van der Waals surface area contributed by atoms with Gasteiger partial charge in [-0.05, 0) is 24.3 Å². The Balaban J connectivity index is 2.08. The maximum atomic E-state index is 13.2. The molecule has 0 fully saturated rings. The van der Waals surface area contributed by atoms with E-state index in [1.807, 2.05) is 5.32 Å². The van der Waals surface area contributed by atoms with Crippen molar-refractivity contribution in [3.05, 3.63) is 63.3 Å². The smallest absolute Gasteiger partial charge is 0.320 e. The first-order chi connectivity index (χ1) is 12.1. The number of nitrogens with one attached hydrogen (secondary N) is 3. The minimum absolute atomic E-state index is 0.153. The molecule has 0 unspecified atom stereocenters. The molecule has 3 rings (SSSR count). The van der Waals surface area contributed by atoms with Gasteiger partial charge in [-0.2, -0.15) is 13.2 Å². The number of amides is 1. The van der Waals surface area contributed by atoms with Crippen molar-refractivity contribution in [2.75, 3.05) is 5.32 Å². The second-order valence-corrected chi connectivity index (χ2v) is 5.23. The Morgan fingerprint density at radius 3 is 2.15 bits per heavy atom. The molecule has 0 saturated heterocycles. The fraction of sp³-hybridized carbons (Fsp3) is 0.0667. The van der Waals surface area contributed by atoms with Gasteiger partial charge < -0.3 is 15.3 Å². The third kappa shape index (κ3) is 3.15. The number of H-pyrrole nitrogens is 2. The molecular weight excluding hydrogens is 368 g/mol. The van der Waals surface area contributed by atoms with Crippen molar-refractivity contribution in [1.82, 2.24) is 9.97 Å². The molecule has 11 heteroatoms. The molecule has 2 aromatic carbocycles. The van der Waals surface area contributed by atoms with E-state index in [2.05, 4.69) is 9.97 Å². The minimum atomic E-state index is -4.78. The Morgan fingerprint density at radius 2 is 1.58 bits per heavy atom. The lowest BCUT2D eigenvalue weighted by Crippen LogP contribution is -2.15. The molecule has 3 N–H and O–H groups in total. The number of benzene rings is 2. The first-order valence-electron chi connectivity index (χ1n) is 6.85. The first kappa shape index (κ1) is 17.6. The second kappa shape index (κ2) is 5.93. The van der Waals surface area contributed by atoms with Gasteiger partial charge in [0.15, 0.2) is 17.5 Å². The predicted octanol–water partition coefficient (Wildman–Crippen LogP) is 3.54. The van der Waals surface area contributed by atoms with Crippen LogP contribution in [0.5, 0.6) is 0 Å². The topological polar surface area (TPSA) is 77.8 Å². The van der Waals surface area contributed by atoms with E-state index in [9.17, 15) is 35.9 Å². The Kier molecular flexibility index (Phi) is 4.01. The van der Waals surface area contributed by atoms with Crippen LogP contribution in [-0.2, 0) is 6.18 Å². The summed E-state index contributed by atoms with van der Waals surface area (Å²) in [5.74, 6) is -6.28. The van der Waals surface area contributed by atoms with Gasteiger partial charge in [0, 0.05) is 5.56 Å². The number of carbonyl (C=O) groups is 1. The first-order valence-corrected chi connectivity index (χ1v) is 6.85. The largest absolute Gasteiger partial charge is 0.416 e. The maximum Gasteiger partial charge on any atom is 0.416 e. The molecule has 0 radical (unpaired) electrons. The van der Waals surface area contributed by atoms with Crippen molar-refractivity contribution >= 4 is 22.6 Å². The number of hydrogen-bond acceptors (Lipinski definition) is 2. The third-order valence-corrected chi connectivity index (χ3v) is 3.45. The van der Waals surface area contributed by atoms with Crippen LogP contribution in [-0.4, -0.2) is 15.9 Å². The molecule has 0 spiro atoms. The van der Waals surface area contributed by atoms with E-state index in [-0.39, 0.29) is 11.0 Å². The lowest BCUT2D eigenvalue weighted by atomic mass is 10.1. The molecule has 0 bridgehead atoms. The molecule has 0 atom stereocenters. The van der Waals surface area contributed by atoms with E-state index in [1.165, 1.54) is 0 Å². The van der Waals surface area contributed by atoms with Crippen molar-refractivity contribution < 1.29 is 31.1 Å². The number of rotatable bonds is 2. The number of fused-ring (bicyclic) bond motifs is 1. The van der Waals surface area contributed by atoms with E-state index in [0.717, 1.165) is 0 Å². The SMILES string of the molecule is O=C(Nc1cc(C(F)(F)F)cc2[nH]c(=O)[nH]c12)c1cc(F)c(F)c(F)c1. The molecule has 0 saturated carbocycles. The molecule has 0 aliphatic carbocycles. The molecule has 1 heterocycles. The molecule has 1 aromatic heterocycles. The van der Waals surface area contributed by atoms with Crippen LogP contribution in [0.4, 0.5) is 32.0 Å². The predicted molar refractivity (Wildman–Crippen MR) is 78.2 cm³/mol. The Morgan fingerprint density at radius 1 is 0.962 bits per heavy atom. The van der Waals surface area contributed by atoms with Crippen molar-refractivity contribution in [3.63, 3.8) is 0 Å². The molecule has 136 valence electrons. The van der Waals surface area contributed by atoms with Crippen LogP contribution in [0.2, 0.25) is 0 Å². The Hall–Kier alpha value is -3.24. The lowest BCUT2D eigenvalue weighted by molar-refractivity contribution is -0.137. The van der Waals surface area contributed by atoms with Gasteiger partial charge in [0.2, 0.25) is 0 Å². The summed E-state index contributed by atoms with van der Waals surface area (Å²) in [6, 6.07) is 1.97. The summed E-state index contributed by atoms with van der Waals surface area (Å²) in [4.78, 5) is 27.7. The molecule has 26 heavy (non-hydrogen) atoms. The summed E-state index contributed by atoms with van der Waals surface area (Å²) >= 11 is 0. The fourth-order valence-electron chi connectivity index (χ4n) is 2.29. The van der Waals surface area contributed by atoms with Crippen LogP contribution in [0.15, 0.2) is 29.1 Å². The number of aromatic amines is 2. The average Bonchev–Trinajstić information content (AvgIpc) is 2.91. The Bertz CT molecular complexity index is 1060. The van der Waals surface area contributed by atoms with Crippen LogP contribution in [0, 0.1) is 17.5 Å². The molecule has 0 aliphatic rings. The van der Waals surface area contributed by atoms with Gasteiger partial charge in [-0.1, -0.05) is 0 Å². The molecule has 1 amide bonds. The van der Waals surface area contributed by atoms with Crippen molar-refractivity contribution in [2.45, 2.75) is 6.18 Å². The minimum Gasteiger partial charge on any atom is -0.320 e. The molecular formula is C15H7F6N3O2. The number of imidazole rings is 1. The highest BCUT2D eigenvalue weighted by Gasteiger charge is 2.32. The van der Waals surface area contributed by atoms with E-state index in [0.29, 0.717) is 24.3 Å². The standard InChI is InChI=1S/C15H7F6N3O2/c16-7-1-5(2-8(17)11(7)18)13(25)22-9-3-6(15(19,20)21)4-10-12(9)24-14(26)23-10/h1-4H,(H,22,25)(H2,23,24,26). The zero-order valence-electron chi connectivity index (χ0n) is 12.4. The highest BCUT2D eigenvalue weighted by Crippen LogP contribution is 2.34. The normalized spacial score (nSPS) is 11.8. The van der Waals surface area contributed by atoms with Gasteiger partial charge in [0.05, 0.1) is 22.3 Å². The quantitative estimate of drug-likeness (QED) is 0.473. The van der Waals surface area contributed by atoms with Crippen molar-refractivity contribution in [3.8, 4) is 0 Å². The van der Waals surface area contributed by atoms with Gasteiger partial charge in [-0.3, -0.25) is 4.79 Å². The number of carbonyl (C=O) groups excluding carboxylic acids is 1. The van der Waals surface area contributed by atoms with Gasteiger partial charge in [0.1, 0.15) is 0 Å². The van der Waals surface area contributed by atoms with Crippen LogP contribution in [0.3, 0.4) is 0 Å². The van der Waals surface area contributed by atoms with E-state index in [1.54, 1.807) is 0 Å². The van der Waals surface area contributed by atoms with Crippen molar-refractivity contribution in [1.29, 1.82) is 0 Å². The molecule has 0 aliphatic heterocycles. The summed E-state index contributed by atoms with van der Waals surface area (Å²) in [6.45, 7) is 0. The van der Waals surface area contributed by atoms with E-state index >= 15 is 0 Å². The van der Waals surface area contributed by atoms with E-state index < -0.39 is 52.0 Å². The molecule has 5 nitrogen and oxygen atoms in total. The summed E-state index contributed by atoms with van der Waals surface area (Å²) in [5.41, 5.74) is -3.51. The van der Waals surface area contributed by atoms with Crippen LogP contribution >= 0.6 is 0 Å². The Labute approximate surface area is 139 Å². The number of halogens is 6. The van der Waals surface area contributed by atoms with E-state index in [4.69, 9.17) is 0 Å². The third-order valence-electron chi connectivity index (χ3n) is 3.45. The average molecular weight is 375 g/mol. The van der Waals surface area contributed by atoms with Crippen LogP contribution in [0.1, 0.15) is 15.9 Å². The fourth-order valence-corrected chi connectivity index (χ4v) is 2.29. The zero-order valence-corrected chi connectivity index (χ0v) is 12.4. The van der Waals surface area contributed by atoms with Gasteiger partial charge in [-0.15, -0.1) is 0 Å². The zero-order chi connectivity index (χ0) is 19.2. The number of aromatic nitrogens is 2. The van der Waals surface area contributed by atoms with Gasteiger partial charge >= 0.3 is 11.9 Å². The summed E-state index contributed by atoms with van der Waals surface area (Å²) in [5, 5.41) is 2.02. The second-order valence-electron chi connectivity index (χ2n) is 5.23. The van der Waals surface area contributed by atoms with Gasteiger partial charge in [0.25, 0.3) is 5.91 Å². The summed E-state index contributed by atoms with van der Waals surface area (Å²) < 4.78 is 78.3. The van der Waals surface area contributed by atoms with Gasteiger partial charge in [-0.25, -0.2) is 18.0 Å². The van der Waals surface area contributed by atoms with Crippen LogP contribution < -0.4 is 11.0 Å². The summed E-state index contributed by atoms with van der Waals surface area (Å²) in [7, 11) is 0.